The van der Waals surface area contributed by atoms with Crippen LogP contribution in [-0.4, -0.2) is 71.3 Å². The summed E-state index contributed by atoms with van der Waals surface area (Å²) in [6.45, 7) is 5.89. The Hall–Kier alpha value is -2.65. The van der Waals surface area contributed by atoms with E-state index in [1.807, 2.05) is 20.8 Å². The maximum Gasteiger partial charge on any atom is 0.246 e. The van der Waals surface area contributed by atoms with E-state index in [0.29, 0.717) is 30.9 Å². The highest BCUT2D eigenvalue weighted by Crippen LogP contribution is 2.58. The normalized spacial score (nSPS) is 30.5. The smallest absolute Gasteiger partial charge is 0.246 e. The van der Waals surface area contributed by atoms with Crippen LogP contribution in [0.15, 0.2) is 24.3 Å². The molecule has 9 heteroatoms. The molecule has 2 unspecified atom stereocenters. The Morgan fingerprint density at radius 1 is 1.28 bits per heavy atom. The Morgan fingerprint density at radius 3 is 2.62 bits per heavy atom. The van der Waals surface area contributed by atoms with Gasteiger partial charge in [-0.25, -0.2) is 0 Å². The van der Waals surface area contributed by atoms with E-state index in [0.717, 1.165) is 0 Å². The fourth-order valence-electron chi connectivity index (χ4n) is 5.49. The summed E-state index contributed by atoms with van der Waals surface area (Å²) in [5.41, 5.74) is -0.446. The second-order valence-corrected chi connectivity index (χ2v) is 8.92. The predicted molar refractivity (Wildman–Crippen MR) is 116 cm³/mol. The molecule has 3 N–H and O–H groups in total. The van der Waals surface area contributed by atoms with Gasteiger partial charge in [-0.15, -0.1) is 0 Å². The molecular formula is C23H31N3O6. The first-order chi connectivity index (χ1) is 15.3. The first-order valence-electron chi connectivity index (χ1n) is 11.3. The van der Waals surface area contributed by atoms with E-state index in [1.54, 1.807) is 24.3 Å². The highest BCUT2D eigenvalue weighted by molar-refractivity contribution is 6.02. The van der Waals surface area contributed by atoms with Crippen LogP contribution in [0.4, 0.5) is 5.69 Å². The van der Waals surface area contributed by atoms with Crippen LogP contribution >= 0.6 is 0 Å². The molecule has 4 rings (SSSR count). The van der Waals surface area contributed by atoms with Gasteiger partial charge in [0.1, 0.15) is 17.4 Å². The van der Waals surface area contributed by atoms with Crippen LogP contribution in [0.1, 0.15) is 33.6 Å². The van der Waals surface area contributed by atoms with Crippen LogP contribution in [0.3, 0.4) is 0 Å². The number of hydrogen-bond acceptors (Lipinski definition) is 6. The Bertz CT molecular complexity index is 888. The van der Waals surface area contributed by atoms with Gasteiger partial charge in [-0.1, -0.05) is 0 Å². The Kier molecular flexibility index (Phi) is 6.13. The van der Waals surface area contributed by atoms with Gasteiger partial charge < -0.3 is 30.1 Å². The van der Waals surface area contributed by atoms with E-state index in [-0.39, 0.29) is 36.9 Å². The number of hydrogen-bond donors (Lipinski definition) is 3. The molecule has 5 atom stereocenters. The molecule has 3 aliphatic heterocycles. The molecule has 9 nitrogen and oxygen atoms in total. The monoisotopic (exact) mass is 445 g/mol. The van der Waals surface area contributed by atoms with Crippen LogP contribution in [0.2, 0.25) is 0 Å². The minimum absolute atomic E-state index is 0.0223. The quantitative estimate of drug-likeness (QED) is 0.548. The first-order valence-corrected chi connectivity index (χ1v) is 11.3. The number of nitrogens with one attached hydrogen (secondary N) is 2. The largest absolute Gasteiger partial charge is 0.494 e. The van der Waals surface area contributed by atoms with Crippen molar-refractivity contribution in [3.05, 3.63) is 24.3 Å². The predicted octanol–water partition coefficient (Wildman–Crippen LogP) is 0.915. The molecule has 0 aliphatic carbocycles. The van der Waals surface area contributed by atoms with Gasteiger partial charge in [-0.3, -0.25) is 14.4 Å². The number of anilines is 1. The number of likely N-dealkylation sites (tertiary alicyclic amines) is 1. The summed E-state index contributed by atoms with van der Waals surface area (Å²) in [6.07, 6.45) is 0.708. The zero-order valence-electron chi connectivity index (χ0n) is 18.7. The third-order valence-corrected chi connectivity index (χ3v) is 6.56. The summed E-state index contributed by atoms with van der Waals surface area (Å²) in [5.74, 6) is -1.65. The van der Waals surface area contributed by atoms with Crippen LogP contribution in [0.5, 0.6) is 5.75 Å². The van der Waals surface area contributed by atoms with E-state index >= 15 is 0 Å². The lowest BCUT2D eigenvalue weighted by Gasteiger charge is -2.33. The number of carbonyl (C=O) groups is 3. The van der Waals surface area contributed by atoms with Gasteiger partial charge in [0.2, 0.25) is 17.7 Å². The SMILES string of the molecule is CCOc1ccc(NC(=O)[C@@H]2[C@H]3C(=O)N(CCO)C(C(=O)NC(C)C)C34CC[C@H]2O4)cc1. The van der Waals surface area contributed by atoms with Gasteiger partial charge in [0.15, 0.2) is 0 Å². The fraction of sp³-hybridized carbons (Fsp3) is 0.609. The third-order valence-electron chi connectivity index (χ3n) is 6.56. The minimum Gasteiger partial charge on any atom is -0.494 e. The molecule has 3 aliphatic rings. The number of nitrogens with zero attached hydrogens (tertiary/aromatic N) is 1. The van der Waals surface area contributed by atoms with E-state index in [9.17, 15) is 19.5 Å². The summed E-state index contributed by atoms with van der Waals surface area (Å²) in [4.78, 5) is 41.2. The first kappa shape index (κ1) is 22.5. The molecule has 1 spiro atoms. The van der Waals surface area contributed by atoms with Crippen molar-refractivity contribution < 1.29 is 29.0 Å². The second-order valence-electron chi connectivity index (χ2n) is 8.92. The summed E-state index contributed by atoms with van der Waals surface area (Å²) in [6, 6.07) is 6.08. The minimum atomic E-state index is -1.04. The molecular weight excluding hydrogens is 414 g/mol. The number of aliphatic hydroxyl groups is 1. The molecule has 3 fully saturated rings. The van der Waals surface area contributed by atoms with Crippen LogP contribution < -0.4 is 15.4 Å². The number of benzene rings is 1. The summed E-state index contributed by atoms with van der Waals surface area (Å²) in [5, 5.41) is 15.3. The van der Waals surface area contributed by atoms with Crippen LogP contribution in [0.25, 0.3) is 0 Å². The maximum absolute atomic E-state index is 13.4. The van der Waals surface area contributed by atoms with Gasteiger partial charge in [0.25, 0.3) is 0 Å². The topological polar surface area (TPSA) is 117 Å². The molecule has 32 heavy (non-hydrogen) atoms. The molecule has 1 aromatic carbocycles. The average Bonchev–Trinajstić information content (AvgIpc) is 3.37. The Morgan fingerprint density at radius 2 is 2.00 bits per heavy atom. The zero-order valence-corrected chi connectivity index (χ0v) is 18.7. The maximum atomic E-state index is 13.4. The molecule has 174 valence electrons. The van der Waals surface area contributed by atoms with Crippen molar-refractivity contribution in [2.45, 2.75) is 57.4 Å². The van der Waals surface area contributed by atoms with Crippen molar-refractivity contribution in [1.82, 2.24) is 10.2 Å². The van der Waals surface area contributed by atoms with Gasteiger partial charge in [0.05, 0.1) is 31.2 Å². The summed E-state index contributed by atoms with van der Waals surface area (Å²) < 4.78 is 11.7. The Balaban J connectivity index is 1.59. The zero-order chi connectivity index (χ0) is 23.0. The van der Waals surface area contributed by atoms with Gasteiger partial charge in [-0.2, -0.15) is 0 Å². The molecule has 3 amide bonds. The highest BCUT2D eigenvalue weighted by Gasteiger charge is 2.74. The number of fused-ring (bicyclic) bond motifs is 1. The van der Waals surface area contributed by atoms with Crippen molar-refractivity contribution in [2.24, 2.45) is 11.8 Å². The molecule has 0 radical (unpaired) electrons. The molecule has 1 aromatic rings. The lowest BCUT2D eigenvalue weighted by atomic mass is 9.70. The van der Waals surface area contributed by atoms with E-state index in [2.05, 4.69) is 10.6 Å². The van der Waals surface area contributed by atoms with Crippen molar-refractivity contribution in [3.8, 4) is 5.75 Å². The average molecular weight is 446 g/mol. The third kappa shape index (κ3) is 3.63. The van der Waals surface area contributed by atoms with Crippen LogP contribution in [-0.2, 0) is 19.1 Å². The standard InChI is InChI=1S/C23H31N3O6/c1-4-31-15-7-5-14(6-8-15)25-20(28)17-16-9-10-23(32-16)18(17)22(30)26(11-12-27)19(23)21(29)24-13(2)3/h5-8,13,16-19,27H,4,9-12H2,1-3H3,(H,24,29)(H,25,28)/t16-,17+,18+,19?,23?/m1/s1. The van der Waals surface area contributed by atoms with Gasteiger partial charge in [0, 0.05) is 18.3 Å². The molecule has 3 saturated heterocycles. The van der Waals surface area contributed by atoms with Crippen molar-refractivity contribution in [3.63, 3.8) is 0 Å². The number of amides is 3. The number of carbonyl (C=O) groups excluding carboxylic acids is 3. The number of rotatable bonds is 8. The molecule has 0 saturated carbocycles. The van der Waals surface area contributed by atoms with E-state index < -0.39 is 29.6 Å². The van der Waals surface area contributed by atoms with Crippen LogP contribution in [0, 0.1) is 11.8 Å². The summed E-state index contributed by atoms with van der Waals surface area (Å²) >= 11 is 0. The summed E-state index contributed by atoms with van der Waals surface area (Å²) in [7, 11) is 0. The molecule has 2 bridgehead atoms. The van der Waals surface area contributed by atoms with Crippen molar-refractivity contribution >= 4 is 23.4 Å². The van der Waals surface area contributed by atoms with Crippen molar-refractivity contribution in [1.29, 1.82) is 0 Å². The van der Waals surface area contributed by atoms with Gasteiger partial charge >= 0.3 is 0 Å². The van der Waals surface area contributed by atoms with E-state index in [1.165, 1.54) is 4.90 Å². The van der Waals surface area contributed by atoms with Crippen molar-refractivity contribution in [2.75, 3.05) is 25.1 Å². The molecule has 3 heterocycles. The fourth-order valence-corrected chi connectivity index (χ4v) is 5.49. The number of β-amino-alcohol motifs (C(OH)–C–C–N with tert-alkyl or cyclic N) is 1. The lowest BCUT2D eigenvalue weighted by molar-refractivity contribution is -0.142. The number of ether oxygens (including phenoxy) is 2. The van der Waals surface area contributed by atoms with E-state index in [4.69, 9.17) is 9.47 Å². The Labute approximate surface area is 187 Å². The highest BCUT2D eigenvalue weighted by atomic mass is 16.5. The second kappa shape index (κ2) is 8.71. The lowest BCUT2D eigenvalue weighted by Crippen LogP contribution is -2.56. The van der Waals surface area contributed by atoms with Gasteiger partial charge in [-0.05, 0) is 57.9 Å². The number of aliphatic hydroxyl groups excluding tert-OH is 1. The molecule has 0 aromatic heterocycles.